The number of hydrogen-bond donors (Lipinski definition) is 1. The van der Waals surface area contributed by atoms with Crippen LogP contribution in [0.15, 0.2) is 24.3 Å². The second-order valence-corrected chi connectivity index (χ2v) is 2.81. The predicted molar refractivity (Wildman–Crippen MR) is 46.7 cm³/mol. The highest BCUT2D eigenvalue weighted by Crippen LogP contribution is 2.09. The van der Waals surface area contributed by atoms with Gasteiger partial charge in [-0.1, -0.05) is 24.3 Å². The molecule has 0 aliphatic rings. The lowest BCUT2D eigenvalue weighted by Crippen LogP contribution is -2.00. The third kappa shape index (κ3) is 2.17. The molecule has 2 heteroatoms. The number of aliphatic hydroxyl groups excluding tert-OH is 1. The van der Waals surface area contributed by atoms with E-state index < -0.39 is 0 Å². The first-order valence-electron chi connectivity index (χ1n) is 3.91. The van der Waals surface area contributed by atoms with Crippen LogP contribution in [0.25, 0.3) is 0 Å². The van der Waals surface area contributed by atoms with Crippen molar-refractivity contribution in [2.24, 2.45) is 0 Å². The molecule has 1 aromatic rings. The molecule has 0 heterocycles. The van der Waals surface area contributed by atoms with Gasteiger partial charge in [0.15, 0.2) is 0 Å². The predicted octanol–water partition coefficient (Wildman–Crippen LogP) is 1.31. The van der Waals surface area contributed by atoms with Crippen LogP contribution in [0, 0.1) is 0 Å². The van der Waals surface area contributed by atoms with Crippen molar-refractivity contribution < 1.29 is 9.90 Å². The molecule has 0 atom stereocenters. The fraction of sp³-hybridized carbons (Fsp3) is 0.300. The topological polar surface area (TPSA) is 37.3 Å². The molecule has 0 saturated heterocycles. The Labute approximate surface area is 71.8 Å². The van der Waals surface area contributed by atoms with Crippen molar-refractivity contribution in [3.8, 4) is 0 Å². The molecule has 0 aliphatic heterocycles. The molecule has 1 rings (SSSR count). The summed E-state index contributed by atoms with van der Waals surface area (Å²) < 4.78 is 0. The molecule has 0 spiro atoms. The number of hydrogen-bond acceptors (Lipinski definition) is 2. The number of carbonyl (C=O) groups excluding carboxylic acids is 1. The summed E-state index contributed by atoms with van der Waals surface area (Å²) in [5.74, 6) is 0.121. The molecule has 0 unspecified atom stereocenters. The number of aliphatic hydroxyl groups is 1. The van der Waals surface area contributed by atoms with Crippen molar-refractivity contribution in [1.29, 1.82) is 0 Å². The second-order valence-electron chi connectivity index (χ2n) is 2.81. The van der Waals surface area contributed by atoms with E-state index in [1.54, 1.807) is 6.92 Å². The van der Waals surface area contributed by atoms with Gasteiger partial charge < -0.3 is 5.11 Å². The summed E-state index contributed by atoms with van der Waals surface area (Å²) >= 11 is 0. The molecule has 1 aromatic carbocycles. The van der Waals surface area contributed by atoms with Crippen molar-refractivity contribution in [2.75, 3.05) is 0 Å². The Kier molecular flexibility index (Phi) is 3.00. The molecule has 0 amide bonds. The van der Waals surface area contributed by atoms with E-state index in [0.29, 0.717) is 6.42 Å². The summed E-state index contributed by atoms with van der Waals surface area (Å²) in [6, 6.07) is 7.43. The van der Waals surface area contributed by atoms with Gasteiger partial charge in [-0.05, 0) is 18.1 Å². The first kappa shape index (κ1) is 8.94. The standard InChI is InChI=1S/C10H12O2/c1-8(12)6-9-4-2-3-5-10(9)7-11/h2-5,11H,6-7H2,1H3. The van der Waals surface area contributed by atoms with Crippen LogP contribution in [0.4, 0.5) is 0 Å². The maximum atomic E-state index is 10.8. The number of rotatable bonds is 3. The van der Waals surface area contributed by atoms with Crippen LogP contribution in [-0.2, 0) is 17.8 Å². The van der Waals surface area contributed by atoms with Crippen LogP contribution in [0.3, 0.4) is 0 Å². The van der Waals surface area contributed by atoms with Crippen LogP contribution in [0.5, 0.6) is 0 Å². The quantitative estimate of drug-likeness (QED) is 0.731. The van der Waals surface area contributed by atoms with Crippen LogP contribution in [0.2, 0.25) is 0 Å². The molecular formula is C10H12O2. The van der Waals surface area contributed by atoms with Crippen LogP contribution in [-0.4, -0.2) is 10.9 Å². The lowest BCUT2D eigenvalue weighted by molar-refractivity contribution is -0.116. The molecular weight excluding hydrogens is 152 g/mol. The van der Waals surface area contributed by atoms with Gasteiger partial charge in [-0.15, -0.1) is 0 Å². The maximum absolute atomic E-state index is 10.8. The fourth-order valence-electron chi connectivity index (χ4n) is 1.15. The normalized spacial score (nSPS) is 9.83. The zero-order valence-corrected chi connectivity index (χ0v) is 7.08. The van der Waals surface area contributed by atoms with E-state index in [1.165, 1.54) is 0 Å². The molecule has 0 bridgehead atoms. The molecule has 0 aliphatic carbocycles. The van der Waals surface area contributed by atoms with E-state index in [-0.39, 0.29) is 12.4 Å². The van der Waals surface area contributed by atoms with Gasteiger partial charge in [0.25, 0.3) is 0 Å². The van der Waals surface area contributed by atoms with E-state index in [0.717, 1.165) is 11.1 Å². The van der Waals surface area contributed by atoms with Crippen LogP contribution >= 0.6 is 0 Å². The first-order valence-corrected chi connectivity index (χ1v) is 3.91. The molecule has 0 fully saturated rings. The Bertz CT molecular complexity index is 279. The Morgan fingerprint density at radius 3 is 2.42 bits per heavy atom. The maximum Gasteiger partial charge on any atom is 0.134 e. The fourth-order valence-corrected chi connectivity index (χ4v) is 1.15. The van der Waals surface area contributed by atoms with Crippen LogP contribution < -0.4 is 0 Å². The van der Waals surface area contributed by atoms with Gasteiger partial charge in [-0.25, -0.2) is 0 Å². The summed E-state index contributed by atoms with van der Waals surface area (Å²) in [6.07, 6.45) is 0.413. The second kappa shape index (κ2) is 4.02. The average Bonchev–Trinajstić information content (AvgIpc) is 2.04. The zero-order chi connectivity index (χ0) is 8.97. The highest BCUT2D eigenvalue weighted by atomic mass is 16.3. The van der Waals surface area contributed by atoms with E-state index >= 15 is 0 Å². The Morgan fingerprint density at radius 2 is 1.92 bits per heavy atom. The number of benzene rings is 1. The minimum Gasteiger partial charge on any atom is -0.392 e. The summed E-state index contributed by atoms with van der Waals surface area (Å²) in [6.45, 7) is 1.55. The molecule has 0 radical (unpaired) electrons. The highest BCUT2D eigenvalue weighted by Gasteiger charge is 2.01. The van der Waals surface area contributed by atoms with Gasteiger partial charge in [-0.2, -0.15) is 0 Å². The third-order valence-electron chi connectivity index (χ3n) is 1.73. The highest BCUT2D eigenvalue weighted by molar-refractivity contribution is 5.78. The van der Waals surface area contributed by atoms with Gasteiger partial charge in [0.1, 0.15) is 5.78 Å². The van der Waals surface area contributed by atoms with Crippen LogP contribution in [0.1, 0.15) is 18.1 Å². The lowest BCUT2D eigenvalue weighted by Gasteiger charge is -2.03. The first-order chi connectivity index (χ1) is 5.74. The molecule has 1 N–H and O–H groups in total. The lowest BCUT2D eigenvalue weighted by atomic mass is 10.0. The van der Waals surface area contributed by atoms with E-state index in [1.807, 2.05) is 24.3 Å². The molecule has 2 nitrogen and oxygen atoms in total. The van der Waals surface area contributed by atoms with E-state index in [4.69, 9.17) is 5.11 Å². The monoisotopic (exact) mass is 164 g/mol. The van der Waals surface area contributed by atoms with Gasteiger partial charge in [0.05, 0.1) is 6.61 Å². The third-order valence-corrected chi connectivity index (χ3v) is 1.73. The minimum atomic E-state index is 0.00343. The summed E-state index contributed by atoms with van der Waals surface area (Å²) in [5, 5.41) is 8.92. The SMILES string of the molecule is CC(=O)Cc1ccccc1CO. The van der Waals surface area contributed by atoms with Gasteiger partial charge in [-0.3, -0.25) is 4.79 Å². The van der Waals surface area contributed by atoms with E-state index in [2.05, 4.69) is 0 Å². The number of carbonyl (C=O) groups is 1. The van der Waals surface area contributed by atoms with Gasteiger partial charge >= 0.3 is 0 Å². The largest absolute Gasteiger partial charge is 0.392 e. The van der Waals surface area contributed by atoms with Crippen molar-refractivity contribution in [3.63, 3.8) is 0 Å². The zero-order valence-electron chi connectivity index (χ0n) is 7.08. The van der Waals surface area contributed by atoms with Crippen molar-refractivity contribution in [2.45, 2.75) is 20.0 Å². The number of Topliss-reactive ketones (excluding diaryl/α,β-unsaturated/α-hetero) is 1. The Hall–Kier alpha value is -1.15. The molecule has 64 valence electrons. The molecule has 0 aromatic heterocycles. The van der Waals surface area contributed by atoms with Crippen molar-refractivity contribution >= 4 is 5.78 Å². The summed E-state index contributed by atoms with van der Waals surface area (Å²) in [5.41, 5.74) is 1.76. The van der Waals surface area contributed by atoms with Crippen molar-refractivity contribution in [1.82, 2.24) is 0 Å². The van der Waals surface area contributed by atoms with Gasteiger partial charge in [0, 0.05) is 6.42 Å². The molecule has 12 heavy (non-hydrogen) atoms. The summed E-state index contributed by atoms with van der Waals surface area (Å²) in [7, 11) is 0. The smallest absolute Gasteiger partial charge is 0.134 e. The van der Waals surface area contributed by atoms with Gasteiger partial charge in [0.2, 0.25) is 0 Å². The Morgan fingerprint density at radius 1 is 1.33 bits per heavy atom. The molecule has 0 saturated carbocycles. The van der Waals surface area contributed by atoms with E-state index in [9.17, 15) is 4.79 Å². The average molecular weight is 164 g/mol. The summed E-state index contributed by atoms with van der Waals surface area (Å²) in [4.78, 5) is 10.8. The number of ketones is 1. The Balaban J connectivity index is 2.89. The minimum absolute atomic E-state index is 0.00343. The van der Waals surface area contributed by atoms with Crippen molar-refractivity contribution in [3.05, 3.63) is 35.4 Å².